The maximum Gasteiger partial charge on any atom is 0.0753 e. The van der Waals surface area contributed by atoms with E-state index in [0.717, 1.165) is 56.3 Å². The van der Waals surface area contributed by atoms with Gasteiger partial charge in [0, 0.05) is 11.0 Å². The van der Waals surface area contributed by atoms with Crippen LogP contribution >= 0.6 is 11.8 Å². The topological polar surface area (TPSA) is 60.7 Å². The van der Waals surface area contributed by atoms with E-state index in [2.05, 4.69) is 39.8 Å². The molecule has 3 rings (SSSR count). The smallest absolute Gasteiger partial charge is 0.0753 e. The average molecular weight is 463 g/mol. The lowest BCUT2D eigenvalue weighted by Gasteiger charge is -2.43. The van der Waals surface area contributed by atoms with Gasteiger partial charge in [0.15, 0.2) is 0 Å². The van der Waals surface area contributed by atoms with Crippen LogP contribution in [0.4, 0.5) is 0 Å². The molecule has 5 atom stereocenters. The molecule has 3 N–H and O–H groups in total. The minimum absolute atomic E-state index is 0.0313. The molecule has 3 aliphatic rings. The van der Waals surface area contributed by atoms with Crippen molar-refractivity contribution in [1.29, 1.82) is 0 Å². The molecular weight excluding hydrogens is 416 g/mol. The number of fused-ring (bicyclic) bond motifs is 1. The minimum Gasteiger partial charge on any atom is -0.392 e. The van der Waals surface area contributed by atoms with Crippen molar-refractivity contribution >= 4 is 11.8 Å². The Hall–Kier alpha value is -0.550. The number of aliphatic hydroxyl groups excluding tert-OH is 2. The van der Waals surface area contributed by atoms with Crippen LogP contribution in [0.3, 0.4) is 0 Å². The second-order valence-corrected chi connectivity index (χ2v) is 12.1. The first-order chi connectivity index (χ1) is 15.3. The van der Waals surface area contributed by atoms with Crippen LogP contribution in [0, 0.1) is 17.3 Å². The van der Waals surface area contributed by atoms with Crippen molar-refractivity contribution in [1.82, 2.24) is 0 Å². The molecule has 0 saturated heterocycles. The van der Waals surface area contributed by atoms with Gasteiger partial charge in [0.1, 0.15) is 0 Å². The summed E-state index contributed by atoms with van der Waals surface area (Å²) in [6, 6.07) is 0. The highest BCUT2D eigenvalue weighted by molar-refractivity contribution is 8.00. The van der Waals surface area contributed by atoms with Gasteiger partial charge >= 0.3 is 0 Å². The number of rotatable bonds is 9. The first kappa shape index (κ1) is 26.1. The van der Waals surface area contributed by atoms with Crippen molar-refractivity contribution < 1.29 is 15.3 Å². The molecule has 0 spiro atoms. The Balaban J connectivity index is 1.61. The standard InChI is InChI=1S/C28H46O3S/c1-5-28(31,6-2)19-32-20(3)24-13-14-25-22(8-7-16-27(24,25)4)11-9-21-10-12-23(15-17-29)26(30)18-21/h11,13,15,20-21,25-26,29-31H,5-10,12,14,16-19H2,1-4H3/b22-11+,23-15+/t20-,21?,25?,26?,27?/m1/s1. The maximum atomic E-state index is 10.7. The van der Waals surface area contributed by atoms with Crippen LogP contribution in [0.2, 0.25) is 0 Å². The Kier molecular flexibility index (Phi) is 9.16. The van der Waals surface area contributed by atoms with E-state index >= 15 is 0 Å². The molecular formula is C28H46O3S. The molecule has 4 unspecified atom stereocenters. The second-order valence-electron chi connectivity index (χ2n) is 10.7. The van der Waals surface area contributed by atoms with Gasteiger partial charge in [-0.1, -0.05) is 50.1 Å². The molecule has 0 heterocycles. The Labute approximate surface area is 200 Å². The third kappa shape index (κ3) is 5.74. The summed E-state index contributed by atoms with van der Waals surface area (Å²) in [7, 11) is 0. The van der Waals surface area contributed by atoms with Gasteiger partial charge in [-0.3, -0.25) is 0 Å². The monoisotopic (exact) mass is 462 g/mol. The van der Waals surface area contributed by atoms with Gasteiger partial charge in [-0.25, -0.2) is 0 Å². The van der Waals surface area contributed by atoms with Crippen molar-refractivity contribution in [2.75, 3.05) is 12.4 Å². The summed E-state index contributed by atoms with van der Waals surface area (Å²) in [4.78, 5) is 0. The van der Waals surface area contributed by atoms with E-state index in [1.165, 1.54) is 19.3 Å². The fourth-order valence-electron chi connectivity index (χ4n) is 6.36. The number of hydrogen-bond donors (Lipinski definition) is 3. The average Bonchev–Trinajstić information content (AvgIpc) is 3.15. The Bertz CT molecular complexity index is 720. The summed E-state index contributed by atoms with van der Waals surface area (Å²) in [5, 5.41) is 30.7. The highest BCUT2D eigenvalue weighted by Gasteiger charge is 2.46. The predicted molar refractivity (Wildman–Crippen MR) is 137 cm³/mol. The van der Waals surface area contributed by atoms with Crippen LogP contribution in [0.5, 0.6) is 0 Å². The molecule has 0 radical (unpaired) electrons. The van der Waals surface area contributed by atoms with Crippen molar-refractivity contribution in [2.45, 2.75) is 109 Å². The van der Waals surface area contributed by atoms with E-state index < -0.39 is 5.60 Å². The van der Waals surface area contributed by atoms with E-state index in [4.69, 9.17) is 5.11 Å². The first-order valence-corrected chi connectivity index (χ1v) is 14.0. The third-order valence-electron chi connectivity index (χ3n) is 8.86. The lowest BCUT2D eigenvalue weighted by Crippen LogP contribution is -2.35. The van der Waals surface area contributed by atoms with Crippen LogP contribution in [-0.2, 0) is 0 Å². The van der Waals surface area contributed by atoms with Gasteiger partial charge < -0.3 is 15.3 Å². The Morgan fingerprint density at radius 3 is 2.62 bits per heavy atom. The number of thioether (sulfide) groups is 1. The third-order valence-corrected chi connectivity index (χ3v) is 10.3. The predicted octanol–water partition coefficient (Wildman–Crippen LogP) is 6.19. The van der Waals surface area contributed by atoms with Crippen LogP contribution in [0.15, 0.2) is 34.9 Å². The van der Waals surface area contributed by atoms with E-state index in [1.807, 2.05) is 11.8 Å². The molecule has 0 aromatic rings. The summed E-state index contributed by atoms with van der Waals surface area (Å²) < 4.78 is 0. The number of aliphatic hydroxyl groups is 3. The van der Waals surface area contributed by atoms with Crippen LogP contribution < -0.4 is 0 Å². The summed E-state index contributed by atoms with van der Waals surface area (Å²) in [5.74, 6) is 1.99. The molecule has 3 aliphatic carbocycles. The fraction of sp³-hybridized carbons (Fsp3) is 0.786. The molecule has 0 aromatic heterocycles. The van der Waals surface area contributed by atoms with Crippen molar-refractivity contribution in [3.05, 3.63) is 34.9 Å². The SMILES string of the molecule is CCC(O)(CC)CS[C@H](C)C1=CCC2/C(=C/CC3CC/C(=C\CO)C(O)C3)CCCC12C. The highest BCUT2D eigenvalue weighted by Crippen LogP contribution is 2.57. The normalized spacial score (nSPS) is 34.6. The summed E-state index contributed by atoms with van der Waals surface area (Å²) >= 11 is 1.94. The molecule has 3 nitrogen and oxygen atoms in total. The van der Waals surface area contributed by atoms with Crippen LogP contribution in [-0.4, -0.2) is 44.6 Å². The first-order valence-electron chi connectivity index (χ1n) is 13.0. The van der Waals surface area contributed by atoms with Gasteiger partial charge in [0.25, 0.3) is 0 Å². The van der Waals surface area contributed by atoms with E-state index in [-0.39, 0.29) is 18.1 Å². The van der Waals surface area contributed by atoms with Crippen molar-refractivity contribution in [3.63, 3.8) is 0 Å². The fourth-order valence-corrected chi connectivity index (χ4v) is 7.87. The second kappa shape index (κ2) is 11.3. The van der Waals surface area contributed by atoms with Gasteiger partial charge in [-0.05, 0) is 94.0 Å². The molecule has 0 bridgehead atoms. The van der Waals surface area contributed by atoms with Gasteiger partial charge in [0.05, 0.1) is 18.3 Å². The Morgan fingerprint density at radius 1 is 1.22 bits per heavy atom. The highest BCUT2D eigenvalue weighted by atomic mass is 32.2. The number of hydrogen-bond acceptors (Lipinski definition) is 4. The zero-order valence-corrected chi connectivity index (χ0v) is 21.6. The van der Waals surface area contributed by atoms with Gasteiger partial charge in [0.2, 0.25) is 0 Å². The lowest BCUT2D eigenvalue weighted by molar-refractivity contribution is 0.0571. The molecule has 182 valence electrons. The van der Waals surface area contributed by atoms with Gasteiger partial charge in [-0.15, -0.1) is 0 Å². The molecule has 2 fully saturated rings. The maximum absolute atomic E-state index is 10.7. The number of allylic oxidation sites excluding steroid dienone is 3. The summed E-state index contributed by atoms with van der Waals surface area (Å²) in [5.41, 5.74) is 4.01. The minimum atomic E-state index is -0.535. The van der Waals surface area contributed by atoms with Crippen molar-refractivity contribution in [3.8, 4) is 0 Å². The Morgan fingerprint density at radius 2 is 1.97 bits per heavy atom. The van der Waals surface area contributed by atoms with Crippen LogP contribution in [0.1, 0.15) is 91.9 Å². The molecule has 0 amide bonds. The zero-order valence-electron chi connectivity index (χ0n) is 20.8. The van der Waals surface area contributed by atoms with Crippen molar-refractivity contribution in [2.24, 2.45) is 17.3 Å². The van der Waals surface area contributed by atoms with E-state index in [1.54, 1.807) is 17.2 Å². The van der Waals surface area contributed by atoms with Gasteiger partial charge in [-0.2, -0.15) is 11.8 Å². The van der Waals surface area contributed by atoms with Crippen LogP contribution in [0.25, 0.3) is 0 Å². The summed E-state index contributed by atoms with van der Waals surface area (Å²) in [6.07, 6.45) is 17.0. The molecule has 32 heavy (non-hydrogen) atoms. The summed E-state index contributed by atoms with van der Waals surface area (Å²) in [6.45, 7) is 9.05. The lowest BCUT2D eigenvalue weighted by atomic mass is 9.63. The zero-order chi connectivity index (χ0) is 23.4. The molecule has 2 saturated carbocycles. The largest absolute Gasteiger partial charge is 0.392 e. The quantitative estimate of drug-likeness (QED) is 0.357. The molecule has 0 aromatic carbocycles. The molecule has 4 heteroatoms. The molecule has 0 aliphatic heterocycles. The van der Waals surface area contributed by atoms with E-state index in [0.29, 0.717) is 17.1 Å². The van der Waals surface area contributed by atoms with E-state index in [9.17, 15) is 10.2 Å².